The first-order valence-electron chi connectivity index (χ1n) is 6.58. The van der Waals surface area contributed by atoms with Gasteiger partial charge in [-0.15, -0.1) is 12.4 Å². The van der Waals surface area contributed by atoms with Crippen LogP contribution in [0.4, 0.5) is 0 Å². The average Bonchev–Trinajstić information content (AvgIpc) is 2.80. The highest BCUT2D eigenvalue weighted by Crippen LogP contribution is 2.35. The second kappa shape index (κ2) is 6.44. The maximum atomic E-state index is 12.0. The van der Waals surface area contributed by atoms with Crippen molar-refractivity contribution in [3.05, 3.63) is 23.7 Å². The number of nitrogens with one attached hydrogen (secondary N) is 1. The van der Waals surface area contributed by atoms with Gasteiger partial charge in [-0.2, -0.15) is 0 Å². The summed E-state index contributed by atoms with van der Waals surface area (Å²) in [4.78, 5) is 12.0. The highest BCUT2D eigenvalue weighted by molar-refractivity contribution is 5.94. The third-order valence-electron chi connectivity index (χ3n) is 3.79. The van der Waals surface area contributed by atoms with E-state index in [1.807, 2.05) is 0 Å². The molecule has 4 nitrogen and oxygen atoms in total. The Morgan fingerprint density at radius 1 is 1.47 bits per heavy atom. The first kappa shape index (κ1) is 16.1. The third kappa shape index (κ3) is 4.25. The molecule has 19 heavy (non-hydrogen) atoms. The van der Waals surface area contributed by atoms with E-state index in [-0.39, 0.29) is 18.3 Å². The molecule has 1 aliphatic rings. The summed E-state index contributed by atoms with van der Waals surface area (Å²) in [5.41, 5.74) is 6.44. The molecule has 0 bridgehead atoms. The number of carbonyl (C=O) groups is 1. The molecule has 0 atom stereocenters. The Hall–Kier alpha value is -1.00. The lowest BCUT2D eigenvalue weighted by atomic mass is 9.75. The molecular weight excluding hydrogens is 264 g/mol. The molecule has 1 aromatic rings. The van der Waals surface area contributed by atoms with E-state index in [2.05, 4.69) is 19.2 Å². The minimum Gasteiger partial charge on any atom is -0.467 e. The Labute approximate surface area is 120 Å². The summed E-state index contributed by atoms with van der Waals surface area (Å²) in [6.45, 7) is 4.90. The van der Waals surface area contributed by atoms with Gasteiger partial charge in [0.1, 0.15) is 12.0 Å². The van der Waals surface area contributed by atoms with Gasteiger partial charge in [-0.3, -0.25) is 4.79 Å². The average molecular weight is 287 g/mol. The molecule has 0 unspecified atom stereocenters. The zero-order valence-electron chi connectivity index (χ0n) is 11.6. The predicted octanol–water partition coefficient (Wildman–Crippen LogP) is 2.86. The fourth-order valence-corrected chi connectivity index (χ4v) is 2.42. The molecule has 2 rings (SSSR count). The maximum Gasteiger partial charge on any atom is 0.254 e. The Kier molecular flexibility index (Phi) is 5.44. The Morgan fingerprint density at radius 2 is 2.11 bits per heavy atom. The van der Waals surface area contributed by atoms with Gasteiger partial charge in [0.05, 0.1) is 12.1 Å². The Balaban J connectivity index is 0.00000180. The fourth-order valence-electron chi connectivity index (χ4n) is 2.42. The zero-order valence-corrected chi connectivity index (χ0v) is 12.4. The van der Waals surface area contributed by atoms with Crippen LogP contribution in [0.5, 0.6) is 0 Å². The standard InChI is InChI=1S/C14H22N2O2.ClH/c1-14(2)5-3-11(4-6-14)16-13(17)10-7-12(8-15)18-9-10;/h7,9,11H,3-6,8,15H2,1-2H3,(H,16,17);1H. The molecule has 0 radical (unpaired) electrons. The van der Waals surface area contributed by atoms with Crippen LogP contribution < -0.4 is 11.1 Å². The van der Waals surface area contributed by atoms with Crippen LogP contribution in [0.25, 0.3) is 0 Å². The van der Waals surface area contributed by atoms with Crippen LogP contribution in [0.3, 0.4) is 0 Å². The predicted molar refractivity (Wildman–Crippen MR) is 77.4 cm³/mol. The molecule has 1 aromatic heterocycles. The fraction of sp³-hybridized carbons (Fsp3) is 0.643. The highest BCUT2D eigenvalue weighted by atomic mass is 35.5. The smallest absolute Gasteiger partial charge is 0.254 e. The second-order valence-corrected chi connectivity index (χ2v) is 5.92. The number of halogens is 1. The lowest BCUT2D eigenvalue weighted by molar-refractivity contribution is 0.0908. The highest BCUT2D eigenvalue weighted by Gasteiger charge is 2.27. The van der Waals surface area contributed by atoms with Crippen LogP contribution in [-0.2, 0) is 6.54 Å². The van der Waals surface area contributed by atoms with E-state index in [0.29, 0.717) is 29.3 Å². The molecule has 1 heterocycles. The van der Waals surface area contributed by atoms with Crippen molar-refractivity contribution in [3.8, 4) is 0 Å². The van der Waals surface area contributed by atoms with E-state index < -0.39 is 0 Å². The van der Waals surface area contributed by atoms with E-state index in [1.54, 1.807) is 6.07 Å². The molecule has 5 heteroatoms. The van der Waals surface area contributed by atoms with Crippen molar-refractivity contribution in [1.29, 1.82) is 0 Å². The van der Waals surface area contributed by atoms with Gasteiger partial charge in [0.25, 0.3) is 5.91 Å². The van der Waals surface area contributed by atoms with Gasteiger partial charge in [-0.05, 0) is 37.2 Å². The first-order valence-corrected chi connectivity index (χ1v) is 6.58. The van der Waals surface area contributed by atoms with Crippen molar-refractivity contribution in [2.24, 2.45) is 11.1 Å². The lowest BCUT2D eigenvalue weighted by Crippen LogP contribution is -2.39. The quantitative estimate of drug-likeness (QED) is 0.898. The third-order valence-corrected chi connectivity index (χ3v) is 3.79. The van der Waals surface area contributed by atoms with E-state index in [4.69, 9.17) is 10.2 Å². The number of amides is 1. The summed E-state index contributed by atoms with van der Waals surface area (Å²) in [6.07, 6.45) is 5.92. The van der Waals surface area contributed by atoms with Gasteiger partial charge in [0.2, 0.25) is 0 Å². The number of nitrogens with two attached hydrogens (primary N) is 1. The molecular formula is C14H23ClN2O2. The van der Waals surface area contributed by atoms with Crippen molar-refractivity contribution in [2.45, 2.75) is 52.1 Å². The molecule has 1 aliphatic carbocycles. The largest absolute Gasteiger partial charge is 0.467 e. The minimum atomic E-state index is -0.0526. The van der Waals surface area contributed by atoms with Crippen molar-refractivity contribution in [1.82, 2.24) is 5.32 Å². The summed E-state index contributed by atoms with van der Waals surface area (Å²) in [6, 6.07) is 2.00. The summed E-state index contributed by atoms with van der Waals surface area (Å²) < 4.78 is 5.17. The molecule has 1 amide bonds. The first-order chi connectivity index (χ1) is 8.50. The molecule has 0 aromatic carbocycles. The number of hydrogen-bond acceptors (Lipinski definition) is 3. The van der Waals surface area contributed by atoms with Crippen molar-refractivity contribution < 1.29 is 9.21 Å². The number of rotatable bonds is 3. The van der Waals surface area contributed by atoms with Crippen molar-refractivity contribution in [2.75, 3.05) is 0 Å². The molecule has 0 aliphatic heterocycles. The van der Waals surface area contributed by atoms with Gasteiger partial charge in [-0.25, -0.2) is 0 Å². The van der Waals surface area contributed by atoms with E-state index in [0.717, 1.165) is 25.7 Å². The number of carbonyl (C=O) groups excluding carboxylic acids is 1. The minimum absolute atomic E-state index is 0. The SMILES string of the molecule is CC1(C)CCC(NC(=O)c2coc(CN)c2)CC1.Cl. The molecule has 0 saturated heterocycles. The van der Waals surface area contributed by atoms with E-state index in [9.17, 15) is 4.79 Å². The van der Waals surface area contributed by atoms with Crippen LogP contribution in [0.2, 0.25) is 0 Å². The summed E-state index contributed by atoms with van der Waals surface area (Å²) >= 11 is 0. The monoisotopic (exact) mass is 286 g/mol. The summed E-state index contributed by atoms with van der Waals surface area (Å²) in [5.74, 6) is 0.591. The Morgan fingerprint density at radius 3 is 2.63 bits per heavy atom. The molecule has 0 spiro atoms. The van der Waals surface area contributed by atoms with Crippen LogP contribution in [-0.4, -0.2) is 11.9 Å². The second-order valence-electron chi connectivity index (χ2n) is 5.92. The Bertz CT molecular complexity index is 419. The van der Waals surface area contributed by atoms with Crippen molar-refractivity contribution in [3.63, 3.8) is 0 Å². The number of furan rings is 1. The van der Waals surface area contributed by atoms with Crippen molar-refractivity contribution >= 4 is 18.3 Å². The normalized spacial score (nSPS) is 18.7. The molecule has 1 saturated carbocycles. The summed E-state index contributed by atoms with van der Waals surface area (Å²) in [5, 5.41) is 3.07. The van der Waals surface area contributed by atoms with Crippen LogP contribution in [0.1, 0.15) is 55.6 Å². The van der Waals surface area contributed by atoms with Crippen LogP contribution in [0, 0.1) is 5.41 Å². The topological polar surface area (TPSA) is 68.3 Å². The maximum absolute atomic E-state index is 12.0. The van der Waals surface area contributed by atoms with Crippen LogP contribution >= 0.6 is 12.4 Å². The molecule has 1 fully saturated rings. The van der Waals surface area contributed by atoms with E-state index in [1.165, 1.54) is 6.26 Å². The molecule has 108 valence electrons. The van der Waals surface area contributed by atoms with Gasteiger partial charge >= 0.3 is 0 Å². The van der Waals surface area contributed by atoms with Gasteiger partial charge in [0, 0.05) is 6.04 Å². The summed E-state index contributed by atoms with van der Waals surface area (Å²) in [7, 11) is 0. The molecule has 3 N–H and O–H groups in total. The zero-order chi connectivity index (χ0) is 13.2. The lowest BCUT2D eigenvalue weighted by Gasteiger charge is -2.34. The number of hydrogen-bond donors (Lipinski definition) is 2. The van der Waals surface area contributed by atoms with Gasteiger partial charge < -0.3 is 15.5 Å². The van der Waals surface area contributed by atoms with Gasteiger partial charge in [0.15, 0.2) is 0 Å². The van der Waals surface area contributed by atoms with Crippen LogP contribution in [0.15, 0.2) is 16.7 Å². The van der Waals surface area contributed by atoms with Gasteiger partial charge in [-0.1, -0.05) is 13.8 Å². The van der Waals surface area contributed by atoms with E-state index >= 15 is 0 Å².